The molecule has 0 aliphatic carbocycles. The largest absolute Gasteiger partial charge is 0.204 e. The molecule has 0 saturated heterocycles. The molecule has 0 N–H and O–H groups in total. The summed E-state index contributed by atoms with van der Waals surface area (Å²) in [4.78, 5) is 9.98. The first-order valence-electron chi connectivity index (χ1n) is 2.94. The second kappa shape index (κ2) is 3.09. The SMILES string of the molecule is Cc1cc(F)c(N=O)cc1Br. The van der Waals surface area contributed by atoms with Gasteiger partial charge in [-0.15, -0.1) is 4.91 Å². The summed E-state index contributed by atoms with van der Waals surface area (Å²) in [5.74, 6) is -0.583. The summed E-state index contributed by atoms with van der Waals surface area (Å²) >= 11 is 3.16. The number of nitroso groups, excluding NO2 is 1. The van der Waals surface area contributed by atoms with E-state index in [0.717, 1.165) is 5.56 Å². The fraction of sp³-hybridized carbons (Fsp3) is 0.143. The van der Waals surface area contributed by atoms with Gasteiger partial charge in [0.05, 0.1) is 0 Å². The van der Waals surface area contributed by atoms with Crippen molar-refractivity contribution in [1.82, 2.24) is 0 Å². The van der Waals surface area contributed by atoms with E-state index in [-0.39, 0.29) is 5.69 Å². The second-order valence-electron chi connectivity index (χ2n) is 2.14. The highest BCUT2D eigenvalue weighted by atomic mass is 79.9. The van der Waals surface area contributed by atoms with Crippen LogP contribution in [0.4, 0.5) is 10.1 Å². The number of benzene rings is 1. The van der Waals surface area contributed by atoms with Crippen molar-refractivity contribution in [2.45, 2.75) is 6.92 Å². The Morgan fingerprint density at radius 1 is 1.55 bits per heavy atom. The lowest BCUT2D eigenvalue weighted by Crippen LogP contribution is -1.80. The Morgan fingerprint density at radius 2 is 2.18 bits per heavy atom. The number of hydrogen-bond acceptors (Lipinski definition) is 2. The van der Waals surface area contributed by atoms with Gasteiger partial charge in [0.15, 0.2) is 5.82 Å². The molecule has 2 nitrogen and oxygen atoms in total. The number of halogens is 2. The van der Waals surface area contributed by atoms with Crippen LogP contribution >= 0.6 is 15.9 Å². The van der Waals surface area contributed by atoms with Crippen LogP contribution in [0.15, 0.2) is 21.8 Å². The molecule has 1 aromatic rings. The van der Waals surface area contributed by atoms with Crippen LogP contribution in [-0.4, -0.2) is 0 Å². The van der Waals surface area contributed by atoms with Crippen molar-refractivity contribution < 1.29 is 4.39 Å². The molecule has 0 fully saturated rings. The molecule has 1 rings (SSSR count). The summed E-state index contributed by atoms with van der Waals surface area (Å²) in [5, 5.41) is 2.52. The van der Waals surface area contributed by atoms with E-state index < -0.39 is 5.82 Å². The minimum absolute atomic E-state index is 0.164. The molecule has 0 atom stereocenters. The lowest BCUT2D eigenvalue weighted by Gasteiger charge is -1.98. The summed E-state index contributed by atoms with van der Waals surface area (Å²) in [5.41, 5.74) is 0.581. The number of aryl methyl sites for hydroxylation is 1. The van der Waals surface area contributed by atoms with Gasteiger partial charge in [-0.1, -0.05) is 15.9 Å². The van der Waals surface area contributed by atoms with Gasteiger partial charge >= 0.3 is 0 Å². The van der Waals surface area contributed by atoms with Crippen molar-refractivity contribution >= 4 is 21.6 Å². The predicted octanol–water partition coefficient (Wildman–Crippen LogP) is 3.29. The molecule has 58 valence electrons. The zero-order valence-corrected chi connectivity index (χ0v) is 7.35. The topological polar surface area (TPSA) is 29.4 Å². The standard InChI is InChI=1S/C7H5BrFNO/c1-4-2-6(9)7(10-11)3-5(4)8/h2-3H,1H3. The van der Waals surface area contributed by atoms with E-state index in [0.29, 0.717) is 4.47 Å². The van der Waals surface area contributed by atoms with E-state index in [2.05, 4.69) is 21.1 Å². The van der Waals surface area contributed by atoms with Crippen molar-refractivity contribution in [3.8, 4) is 0 Å². The van der Waals surface area contributed by atoms with Crippen LogP contribution in [0.3, 0.4) is 0 Å². The van der Waals surface area contributed by atoms with Crippen LogP contribution in [0, 0.1) is 17.6 Å². The smallest absolute Gasteiger partial charge is 0.152 e. The molecule has 0 radical (unpaired) electrons. The lowest BCUT2D eigenvalue weighted by molar-refractivity contribution is 0.628. The van der Waals surface area contributed by atoms with E-state index in [1.807, 2.05) is 0 Å². The average molecular weight is 218 g/mol. The highest BCUT2D eigenvalue weighted by molar-refractivity contribution is 9.10. The van der Waals surface area contributed by atoms with Crippen LogP contribution < -0.4 is 0 Å². The molecule has 0 bridgehead atoms. The Labute approximate surface area is 71.5 Å². The van der Waals surface area contributed by atoms with Crippen molar-refractivity contribution in [3.05, 3.63) is 32.9 Å². The number of rotatable bonds is 1. The summed E-state index contributed by atoms with van der Waals surface area (Å²) < 4.78 is 13.4. The van der Waals surface area contributed by atoms with Gasteiger partial charge in [0, 0.05) is 4.47 Å². The predicted molar refractivity (Wildman–Crippen MR) is 44.3 cm³/mol. The van der Waals surface area contributed by atoms with Gasteiger partial charge in [0.25, 0.3) is 0 Å². The van der Waals surface area contributed by atoms with Crippen molar-refractivity contribution in [1.29, 1.82) is 0 Å². The molecule has 0 aromatic heterocycles. The Hall–Kier alpha value is -0.770. The Bertz CT molecular complexity index is 301. The first-order valence-corrected chi connectivity index (χ1v) is 3.73. The Kier molecular flexibility index (Phi) is 2.34. The normalized spacial score (nSPS) is 9.73. The summed E-state index contributed by atoms with van der Waals surface area (Å²) in [6.07, 6.45) is 0. The molecule has 0 unspecified atom stereocenters. The van der Waals surface area contributed by atoms with Crippen molar-refractivity contribution in [2.24, 2.45) is 5.18 Å². The minimum Gasteiger partial charge on any atom is -0.204 e. The van der Waals surface area contributed by atoms with E-state index >= 15 is 0 Å². The van der Waals surface area contributed by atoms with Crippen molar-refractivity contribution in [3.63, 3.8) is 0 Å². The fourth-order valence-corrected chi connectivity index (χ4v) is 1.04. The Balaban J connectivity index is 3.31. The number of hydrogen-bond donors (Lipinski definition) is 0. The van der Waals surface area contributed by atoms with Gasteiger partial charge in [0.2, 0.25) is 0 Å². The van der Waals surface area contributed by atoms with Crippen LogP contribution in [0.2, 0.25) is 0 Å². The minimum atomic E-state index is -0.583. The first kappa shape index (κ1) is 8.33. The lowest BCUT2D eigenvalue weighted by atomic mass is 10.2. The summed E-state index contributed by atoms with van der Waals surface area (Å²) in [6, 6.07) is 2.62. The molecule has 0 spiro atoms. The third-order valence-corrected chi connectivity index (χ3v) is 2.18. The van der Waals surface area contributed by atoms with E-state index in [9.17, 15) is 9.30 Å². The molecule has 11 heavy (non-hydrogen) atoms. The zero-order chi connectivity index (χ0) is 8.43. The molecule has 0 amide bonds. The van der Waals surface area contributed by atoms with Crippen LogP contribution in [0.25, 0.3) is 0 Å². The average Bonchev–Trinajstić information content (AvgIpc) is 1.97. The maximum atomic E-state index is 12.7. The Morgan fingerprint density at radius 3 is 2.73 bits per heavy atom. The summed E-state index contributed by atoms with van der Waals surface area (Å²) in [6.45, 7) is 1.74. The highest BCUT2D eigenvalue weighted by Gasteiger charge is 2.04. The van der Waals surface area contributed by atoms with Crippen LogP contribution in [-0.2, 0) is 0 Å². The quantitative estimate of drug-likeness (QED) is 0.665. The maximum absolute atomic E-state index is 12.7. The third-order valence-electron chi connectivity index (χ3n) is 1.33. The molecular formula is C7H5BrFNO. The molecule has 0 saturated carbocycles. The summed E-state index contributed by atoms with van der Waals surface area (Å²) in [7, 11) is 0. The van der Waals surface area contributed by atoms with Gasteiger partial charge in [-0.2, -0.15) is 0 Å². The molecular weight excluding hydrogens is 213 g/mol. The fourth-order valence-electron chi connectivity index (χ4n) is 0.706. The van der Waals surface area contributed by atoms with Gasteiger partial charge in [-0.25, -0.2) is 4.39 Å². The monoisotopic (exact) mass is 217 g/mol. The van der Waals surface area contributed by atoms with E-state index in [1.54, 1.807) is 6.92 Å². The zero-order valence-electron chi connectivity index (χ0n) is 5.77. The van der Waals surface area contributed by atoms with Gasteiger partial charge in [-0.3, -0.25) is 0 Å². The number of nitrogens with zero attached hydrogens (tertiary/aromatic N) is 1. The van der Waals surface area contributed by atoms with Gasteiger partial charge in [0.1, 0.15) is 5.69 Å². The van der Waals surface area contributed by atoms with E-state index in [1.165, 1.54) is 12.1 Å². The van der Waals surface area contributed by atoms with Crippen LogP contribution in [0.5, 0.6) is 0 Å². The molecule has 0 aliphatic heterocycles. The first-order chi connectivity index (χ1) is 5.15. The van der Waals surface area contributed by atoms with Crippen LogP contribution in [0.1, 0.15) is 5.56 Å². The second-order valence-corrected chi connectivity index (χ2v) is 3.00. The van der Waals surface area contributed by atoms with E-state index in [4.69, 9.17) is 0 Å². The maximum Gasteiger partial charge on any atom is 0.152 e. The third kappa shape index (κ3) is 1.63. The van der Waals surface area contributed by atoms with Crippen molar-refractivity contribution in [2.75, 3.05) is 0 Å². The van der Waals surface area contributed by atoms with Gasteiger partial charge in [-0.05, 0) is 29.8 Å². The molecule has 1 aromatic carbocycles. The molecule has 0 heterocycles. The van der Waals surface area contributed by atoms with Gasteiger partial charge < -0.3 is 0 Å². The molecule has 4 heteroatoms. The highest BCUT2D eigenvalue weighted by Crippen LogP contribution is 2.25. The molecule has 0 aliphatic rings.